The van der Waals surface area contributed by atoms with Gasteiger partial charge in [0.25, 0.3) is 0 Å². The number of ketones is 1. The second-order valence-electron chi connectivity index (χ2n) is 8.89. The molecule has 36 heavy (non-hydrogen) atoms. The van der Waals surface area contributed by atoms with Gasteiger partial charge >= 0.3 is 5.97 Å². The number of phenolic OH excluding ortho intramolecular Hbond substituents is 1. The fourth-order valence-corrected chi connectivity index (χ4v) is 5.20. The van der Waals surface area contributed by atoms with Crippen LogP contribution in [0, 0.1) is 5.92 Å². The molecular formula is C28H31NO7. The van der Waals surface area contributed by atoms with Gasteiger partial charge in [-0.05, 0) is 61.6 Å². The zero-order valence-electron chi connectivity index (χ0n) is 21.2. The highest BCUT2D eigenvalue weighted by Gasteiger charge is 2.45. The summed E-state index contributed by atoms with van der Waals surface area (Å²) in [6, 6.07) is 10.6. The van der Waals surface area contributed by atoms with E-state index in [0.717, 1.165) is 5.56 Å². The number of aliphatic imine (C=N–C) groups is 1. The van der Waals surface area contributed by atoms with Gasteiger partial charge in [0, 0.05) is 29.3 Å². The average Bonchev–Trinajstić information content (AvgIpc) is 2.87. The van der Waals surface area contributed by atoms with E-state index in [0.29, 0.717) is 46.2 Å². The number of benzene rings is 2. The lowest BCUT2D eigenvalue weighted by molar-refractivity contribution is -0.146. The zero-order chi connectivity index (χ0) is 26.0. The van der Waals surface area contributed by atoms with Gasteiger partial charge in [-0.3, -0.25) is 14.6 Å². The van der Waals surface area contributed by atoms with E-state index in [9.17, 15) is 14.7 Å². The first-order valence-electron chi connectivity index (χ1n) is 11.9. The Morgan fingerprint density at radius 2 is 1.64 bits per heavy atom. The Balaban J connectivity index is 1.79. The molecule has 8 nitrogen and oxygen atoms in total. The molecule has 3 atom stereocenters. The van der Waals surface area contributed by atoms with Gasteiger partial charge in [0.05, 0.1) is 27.9 Å². The van der Waals surface area contributed by atoms with Crippen LogP contribution < -0.4 is 14.2 Å². The van der Waals surface area contributed by atoms with Crippen molar-refractivity contribution in [2.24, 2.45) is 10.9 Å². The molecule has 4 rings (SSSR count). The number of Topliss-reactive ketones (excluding diaryl/α,β-unsaturated/α-hetero) is 1. The maximum Gasteiger partial charge on any atom is 0.315 e. The topological polar surface area (TPSA) is 104 Å². The van der Waals surface area contributed by atoms with E-state index in [1.165, 1.54) is 7.11 Å². The van der Waals surface area contributed by atoms with Gasteiger partial charge in [0.15, 0.2) is 28.8 Å². The summed E-state index contributed by atoms with van der Waals surface area (Å²) in [6.07, 6.45) is 0.791. The predicted octanol–water partition coefficient (Wildman–Crippen LogP) is 4.56. The zero-order valence-corrected chi connectivity index (χ0v) is 21.2. The molecule has 2 aromatic rings. The molecule has 0 radical (unpaired) electrons. The summed E-state index contributed by atoms with van der Waals surface area (Å²) < 4.78 is 21.3. The Morgan fingerprint density at radius 1 is 0.972 bits per heavy atom. The first-order valence-corrected chi connectivity index (χ1v) is 11.9. The van der Waals surface area contributed by atoms with E-state index < -0.39 is 17.8 Å². The quantitative estimate of drug-likeness (QED) is 0.564. The number of ether oxygens (including phenoxy) is 4. The number of esters is 1. The van der Waals surface area contributed by atoms with Crippen LogP contribution >= 0.6 is 0 Å². The summed E-state index contributed by atoms with van der Waals surface area (Å²) in [5.74, 6) is -0.549. The van der Waals surface area contributed by atoms with Crippen molar-refractivity contribution in [2.45, 2.75) is 38.5 Å². The van der Waals surface area contributed by atoms with Crippen molar-refractivity contribution in [2.75, 3.05) is 27.9 Å². The maximum absolute atomic E-state index is 13.7. The van der Waals surface area contributed by atoms with Crippen molar-refractivity contribution in [1.82, 2.24) is 0 Å². The summed E-state index contributed by atoms with van der Waals surface area (Å²) in [6.45, 7) is 3.74. The van der Waals surface area contributed by atoms with Gasteiger partial charge in [0.2, 0.25) is 0 Å². The third-order valence-corrected chi connectivity index (χ3v) is 6.87. The fraction of sp³-hybridized carbons (Fsp3) is 0.393. The first-order chi connectivity index (χ1) is 17.3. The molecule has 0 bridgehead atoms. The number of hydrogen-bond acceptors (Lipinski definition) is 8. The molecule has 190 valence electrons. The van der Waals surface area contributed by atoms with Crippen LogP contribution in [0.2, 0.25) is 0 Å². The lowest BCUT2D eigenvalue weighted by Gasteiger charge is -2.36. The minimum atomic E-state index is -0.766. The number of methoxy groups -OCH3 is 3. The lowest BCUT2D eigenvalue weighted by atomic mass is 9.69. The van der Waals surface area contributed by atoms with E-state index in [-0.39, 0.29) is 30.5 Å². The maximum atomic E-state index is 13.7. The van der Waals surface area contributed by atoms with Crippen LogP contribution in [0.5, 0.6) is 23.0 Å². The third-order valence-electron chi connectivity index (χ3n) is 6.87. The normalized spacial score (nSPS) is 21.4. The molecule has 1 aliphatic carbocycles. The Hall–Kier alpha value is -3.81. The van der Waals surface area contributed by atoms with E-state index in [2.05, 4.69) is 0 Å². The molecule has 8 heteroatoms. The third kappa shape index (κ3) is 4.55. The molecule has 1 heterocycles. The summed E-state index contributed by atoms with van der Waals surface area (Å²) in [5, 5.41) is 10.5. The molecule has 0 amide bonds. The van der Waals surface area contributed by atoms with Gasteiger partial charge in [-0.15, -0.1) is 0 Å². The Morgan fingerprint density at radius 3 is 2.28 bits per heavy atom. The molecule has 0 saturated heterocycles. The first kappa shape index (κ1) is 25.3. The molecule has 0 fully saturated rings. The van der Waals surface area contributed by atoms with Crippen LogP contribution in [-0.2, 0) is 14.3 Å². The Kier molecular flexibility index (Phi) is 7.33. The molecule has 1 N–H and O–H groups in total. The Labute approximate surface area is 210 Å². The average molecular weight is 494 g/mol. The van der Waals surface area contributed by atoms with Gasteiger partial charge in [-0.25, -0.2) is 0 Å². The number of carbonyl (C=O) groups is 2. The number of rotatable bonds is 7. The highest BCUT2D eigenvalue weighted by molar-refractivity contribution is 6.09. The van der Waals surface area contributed by atoms with Gasteiger partial charge in [0.1, 0.15) is 5.92 Å². The van der Waals surface area contributed by atoms with Crippen molar-refractivity contribution < 1.29 is 33.6 Å². The Bertz CT molecular complexity index is 1250. The molecule has 2 aromatic carbocycles. The van der Waals surface area contributed by atoms with Crippen molar-refractivity contribution in [3.05, 3.63) is 58.8 Å². The summed E-state index contributed by atoms with van der Waals surface area (Å²) in [4.78, 5) is 31.5. The van der Waals surface area contributed by atoms with Crippen molar-refractivity contribution in [3.8, 4) is 23.0 Å². The van der Waals surface area contributed by atoms with Gasteiger partial charge in [-0.2, -0.15) is 0 Å². The number of phenols is 1. The summed E-state index contributed by atoms with van der Waals surface area (Å²) in [5.41, 5.74) is 3.31. The van der Waals surface area contributed by atoms with E-state index in [1.807, 2.05) is 18.2 Å². The van der Waals surface area contributed by atoms with Crippen molar-refractivity contribution in [3.63, 3.8) is 0 Å². The van der Waals surface area contributed by atoms with Crippen molar-refractivity contribution in [1.29, 1.82) is 0 Å². The SMILES string of the molecule is CCOC(=O)C1C(C)=NC2=C(C(=O)CC(c3ccc(OC)c(OC)c3)C2)C1c1ccc(OC)c(O)c1. The highest BCUT2D eigenvalue weighted by Crippen LogP contribution is 2.48. The monoisotopic (exact) mass is 493 g/mol. The standard InChI is InChI=1S/C28H31NO7/c1-6-36-28(32)25-15(2)29-19-11-18(16-7-10-23(34-4)24(14-16)35-5)13-21(31)27(19)26(25)17-8-9-22(33-3)20(30)12-17/h7-10,12,14,18,25-26,30H,6,11,13H2,1-5H3. The van der Waals surface area contributed by atoms with Gasteiger partial charge < -0.3 is 24.1 Å². The number of hydrogen-bond donors (Lipinski definition) is 1. The fourth-order valence-electron chi connectivity index (χ4n) is 5.20. The minimum absolute atomic E-state index is 0.0635. The van der Waals surface area contributed by atoms with Gasteiger partial charge in [-0.1, -0.05) is 12.1 Å². The van der Waals surface area contributed by atoms with Crippen LogP contribution in [0.25, 0.3) is 0 Å². The second kappa shape index (κ2) is 10.4. The molecule has 1 aliphatic heterocycles. The number of aromatic hydroxyl groups is 1. The summed E-state index contributed by atoms with van der Waals surface area (Å²) in [7, 11) is 4.62. The second-order valence-corrected chi connectivity index (χ2v) is 8.89. The van der Waals surface area contributed by atoms with Crippen LogP contribution in [0.3, 0.4) is 0 Å². The summed E-state index contributed by atoms with van der Waals surface area (Å²) >= 11 is 0. The van der Waals surface area contributed by atoms with Crippen LogP contribution in [0.4, 0.5) is 0 Å². The predicted molar refractivity (Wildman–Crippen MR) is 134 cm³/mol. The number of allylic oxidation sites excluding steroid dienone is 2. The molecular weight excluding hydrogens is 462 g/mol. The molecule has 2 aliphatic rings. The highest BCUT2D eigenvalue weighted by atomic mass is 16.5. The molecule has 0 spiro atoms. The number of nitrogens with zero attached hydrogens (tertiary/aromatic N) is 1. The smallest absolute Gasteiger partial charge is 0.315 e. The van der Waals surface area contributed by atoms with Crippen LogP contribution in [0.15, 0.2) is 52.7 Å². The van der Waals surface area contributed by atoms with E-state index in [4.69, 9.17) is 23.9 Å². The van der Waals surface area contributed by atoms with Crippen LogP contribution in [0.1, 0.15) is 49.7 Å². The van der Waals surface area contributed by atoms with Crippen LogP contribution in [-0.4, -0.2) is 50.5 Å². The largest absolute Gasteiger partial charge is 0.504 e. The molecule has 0 saturated carbocycles. The van der Waals surface area contributed by atoms with E-state index >= 15 is 0 Å². The minimum Gasteiger partial charge on any atom is -0.504 e. The molecule has 3 unspecified atom stereocenters. The van der Waals surface area contributed by atoms with Crippen molar-refractivity contribution >= 4 is 17.5 Å². The molecule has 0 aromatic heterocycles. The lowest BCUT2D eigenvalue weighted by Crippen LogP contribution is -2.38. The van der Waals surface area contributed by atoms with E-state index in [1.54, 1.807) is 46.3 Å². The number of carbonyl (C=O) groups excluding carboxylic acids is 2.